The van der Waals surface area contributed by atoms with E-state index in [1.165, 1.54) is 13.5 Å². The van der Waals surface area contributed by atoms with Gasteiger partial charge in [-0.1, -0.05) is 6.92 Å². The number of carbonyl (C=O) groups excluding carboxylic acids is 1. The monoisotopic (exact) mass is 234 g/mol. The molecule has 0 aromatic heterocycles. The number of benzene rings is 1. The number of methoxy groups -OCH3 is 1. The molecule has 0 amide bonds. The lowest BCUT2D eigenvalue weighted by molar-refractivity contribution is 0.0602. The molecule has 1 saturated carbocycles. The zero-order valence-electron chi connectivity index (χ0n) is 10.4. The van der Waals surface area contributed by atoms with Crippen molar-refractivity contribution in [3.8, 4) is 0 Å². The maximum Gasteiger partial charge on any atom is 0.340 e. The summed E-state index contributed by atoms with van der Waals surface area (Å²) in [4.78, 5) is 11.6. The highest BCUT2D eigenvalue weighted by molar-refractivity contribution is 5.97. The molecule has 17 heavy (non-hydrogen) atoms. The van der Waals surface area contributed by atoms with Crippen LogP contribution in [0, 0.1) is 12.8 Å². The Morgan fingerprint density at radius 2 is 2.18 bits per heavy atom. The number of hydrogen-bond acceptors (Lipinski definition) is 4. The van der Waals surface area contributed by atoms with E-state index >= 15 is 0 Å². The van der Waals surface area contributed by atoms with Crippen LogP contribution in [-0.4, -0.2) is 19.1 Å². The molecule has 3 N–H and O–H groups in total. The van der Waals surface area contributed by atoms with Gasteiger partial charge in [0.2, 0.25) is 0 Å². The second-order valence-electron chi connectivity index (χ2n) is 4.71. The summed E-state index contributed by atoms with van der Waals surface area (Å²) < 4.78 is 4.72. The van der Waals surface area contributed by atoms with Crippen LogP contribution in [-0.2, 0) is 4.74 Å². The van der Waals surface area contributed by atoms with Gasteiger partial charge in [-0.05, 0) is 37.0 Å². The normalized spacial score (nSPS) is 22.1. The molecule has 1 aliphatic carbocycles. The van der Waals surface area contributed by atoms with Gasteiger partial charge >= 0.3 is 5.97 Å². The smallest absolute Gasteiger partial charge is 0.340 e. The first-order chi connectivity index (χ1) is 8.02. The number of esters is 1. The summed E-state index contributed by atoms with van der Waals surface area (Å²) in [6, 6.07) is 4.25. The predicted molar refractivity (Wildman–Crippen MR) is 68.1 cm³/mol. The lowest BCUT2D eigenvalue weighted by Crippen LogP contribution is -2.10. The summed E-state index contributed by atoms with van der Waals surface area (Å²) in [5.41, 5.74) is 8.63. The van der Waals surface area contributed by atoms with Crippen LogP contribution in [0.25, 0.3) is 0 Å². The number of aryl methyl sites for hydroxylation is 1. The Balaban J connectivity index is 2.28. The number of nitrogens with one attached hydrogen (secondary N) is 1. The van der Waals surface area contributed by atoms with Crippen molar-refractivity contribution in [1.82, 2.24) is 0 Å². The number of ether oxygens (including phenoxy) is 1. The van der Waals surface area contributed by atoms with Crippen molar-refractivity contribution < 1.29 is 9.53 Å². The van der Waals surface area contributed by atoms with E-state index in [1.54, 1.807) is 6.07 Å². The number of hydrogen-bond donors (Lipinski definition) is 2. The molecule has 0 heterocycles. The average molecular weight is 234 g/mol. The summed E-state index contributed by atoms with van der Waals surface area (Å²) in [6.07, 6.45) is 1.18. The second kappa shape index (κ2) is 4.28. The van der Waals surface area contributed by atoms with Gasteiger partial charge in [-0.15, -0.1) is 0 Å². The SMILES string of the molecule is COC(=O)c1cc(NC2CC2C)cc(C)c1N. The van der Waals surface area contributed by atoms with Gasteiger partial charge in [0.1, 0.15) is 0 Å². The molecule has 1 aromatic carbocycles. The molecule has 0 saturated heterocycles. The van der Waals surface area contributed by atoms with Gasteiger partial charge in [0.05, 0.1) is 12.7 Å². The lowest BCUT2D eigenvalue weighted by Gasteiger charge is -2.12. The number of anilines is 2. The Bertz CT molecular complexity index is 457. The Kier molecular flexibility index (Phi) is 2.96. The van der Waals surface area contributed by atoms with Crippen LogP contribution in [0.4, 0.5) is 11.4 Å². The maximum atomic E-state index is 11.6. The molecule has 1 aromatic rings. The molecule has 2 rings (SSSR count). The van der Waals surface area contributed by atoms with Gasteiger partial charge < -0.3 is 15.8 Å². The quantitative estimate of drug-likeness (QED) is 0.621. The second-order valence-corrected chi connectivity index (χ2v) is 4.71. The topological polar surface area (TPSA) is 64.3 Å². The predicted octanol–water partition coefficient (Wildman–Crippen LogP) is 2.18. The van der Waals surface area contributed by atoms with Gasteiger partial charge in [-0.25, -0.2) is 4.79 Å². The summed E-state index contributed by atoms with van der Waals surface area (Å²) in [7, 11) is 1.36. The fourth-order valence-electron chi connectivity index (χ4n) is 1.90. The van der Waals surface area contributed by atoms with E-state index in [2.05, 4.69) is 12.2 Å². The van der Waals surface area contributed by atoms with E-state index in [1.807, 2.05) is 13.0 Å². The summed E-state index contributed by atoms with van der Waals surface area (Å²) in [5, 5.41) is 3.39. The van der Waals surface area contributed by atoms with Gasteiger partial charge in [0, 0.05) is 17.4 Å². The minimum Gasteiger partial charge on any atom is -0.465 e. The van der Waals surface area contributed by atoms with Crippen LogP contribution in [0.5, 0.6) is 0 Å². The van der Waals surface area contributed by atoms with Crippen LogP contribution in [0.15, 0.2) is 12.1 Å². The molecule has 92 valence electrons. The first kappa shape index (κ1) is 11.8. The zero-order valence-corrected chi connectivity index (χ0v) is 10.4. The third-order valence-corrected chi connectivity index (χ3v) is 3.25. The Labute approximate surface area is 101 Å². The molecule has 0 spiro atoms. The molecular weight excluding hydrogens is 216 g/mol. The fraction of sp³-hybridized carbons (Fsp3) is 0.462. The standard InChI is InChI=1S/C13H18N2O2/c1-7-5-11(7)15-9-4-8(2)12(14)10(6-9)13(16)17-3/h4,6-7,11,15H,5,14H2,1-3H3. The number of nitrogens with two attached hydrogens (primary N) is 1. The third kappa shape index (κ3) is 2.35. The fourth-order valence-corrected chi connectivity index (χ4v) is 1.90. The van der Waals surface area contributed by atoms with Crippen molar-refractivity contribution in [2.45, 2.75) is 26.3 Å². The highest BCUT2D eigenvalue weighted by Gasteiger charge is 2.32. The summed E-state index contributed by atoms with van der Waals surface area (Å²) >= 11 is 0. The average Bonchev–Trinajstić information content (AvgIpc) is 2.98. The highest BCUT2D eigenvalue weighted by Crippen LogP contribution is 2.34. The van der Waals surface area contributed by atoms with Crippen molar-refractivity contribution >= 4 is 17.3 Å². The van der Waals surface area contributed by atoms with E-state index in [-0.39, 0.29) is 0 Å². The van der Waals surface area contributed by atoms with E-state index in [0.29, 0.717) is 23.2 Å². The molecule has 2 unspecified atom stereocenters. The van der Waals surface area contributed by atoms with E-state index in [0.717, 1.165) is 11.3 Å². The lowest BCUT2D eigenvalue weighted by atomic mass is 10.1. The molecule has 2 atom stereocenters. The number of carbonyl (C=O) groups is 1. The molecule has 4 heteroatoms. The van der Waals surface area contributed by atoms with Crippen molar-refractivity contribution in [3.63, 3.8) is 0 Å². The van der Waals surface area contributed by atoms with Crippen LogP contribution >= 0.6 is 0 Å². The molecular formula is C13H18N2O2. The molecule has 4 nitrogen and oxygen atoms in total. The van der Waals surface area contributed by atoms with Crippen molar-refractivity contribution in [2.75, 3.05) is 18.2 Å². The maximum absolute atomic E-state index is 11.6. The van der Waals surface area contributed by atoms with Gasteiger partial charge in [0.15, 0.2) is 0 Å². The van der Waals surface area contributed by atoms with Crippen molar-refractivity contribution in [1.29, 1.82) is 0 Å². The Morgan fingerprint density at radius 3 is 2.71 bits per heavy atom. The van der Waals surface area contributed by atoms with Crippen molar-refractivity contribution in [2.24, 2.45) is 5.92 Å². The van der Waals surface area contributed by atoms with Crippen LogP contribution in [0.3, 0.4) is 0 Å². The Hall–Kier alpha value is -1.71. The third-order valence-electron chi connectivity index (χ3n) is 3.25. The minimum atomic E-state index is -0.391. The minimum absolute atomic E-state index is 0.391. The van der Waals surface area contributed by atoms with Gasteiger partial charge in [-0.3, -0.25) is 0 Å². The first-order valence-corrected chi connectivity index (χ1v) is 5.78. The first-order valence-electron chi connectivity index (χ1n) is 5.78. The number of rotatable bonds is 3. The van der Waals surface area contributed by atoms with Crippen LogP contribution in [0.2, 0.25) is 0 Å². The van der Waals surface area contributed by atoms with Gasteiger partial charge in [0.25, 0.3) is 0 Å². The van der Waals surface area contributed by atoms with E-state index in [4.69, 9.17) is 10.5 Å². The Morgan fingerprint density at radius 1 is 1.53 bits per heavy atom. The van der Waals surface area contributed by atoms with E-state index < -0.39 is 5.97 Å². The molecule has 1 fully saturated rings. The van der Waals surface area contributed by atoms with E-state index in [9.17, 15) is 4.79 Å². The molecule has 0 aliphatic heterocycles. The van der Waals surface area contributed by atoms with Crippen LogP contribution in [0.1, 0.15) is 29.3 Å². The largest absolute Gasteiger partial charge is 0.465 e. The van der Waals surface area contributed by atoms with Crippen molar-refractivity contribution in [3.05, 3.63) is 23.3 Å². The molecule has 0 bridgehead atoms. The summed E-state index contributed by atoms with van der Waals surface area (Å²) in [5.74, 6) is 0.313. The van der Waals surface area contributed by atoms with Gasteiger partial charge in [-0.2, -0.15) is 0 Å². The summed E-state index contributed by atoms with van der Waals surface area (Å²) in [6.45, 7) is 4.09. The zero-order chi connectivity index (χ0) is 12.6. The molecule has 1 aliphatic rings. The number of nitrogen functional groups attached to an aromatic ring is 1. The van der Waals surface area contributed by atoms with Crippen LogP contribution < -0.4 is 11.1 Å². The highest BCUT2D eigenvalue weighted by atomic mass is 16.5. The molecule has 0 radical (unpaired) electrons.